The first-order chi connectivity index (χ1) is 30.2. The number of hydrogen-bond acceptors (Lipinski definition) is 14. The number of benzene rings is 1. The Bertz CT molecular complexity index is 2350. The lowest BCUT2D eigenvalue weighted by Gasteiger charge is -2.28. The average Bonchev–Trinajstić information content (AvgIpc) is 4.06. The van der Waals surface area contributed by atoms with E-state index in [0.717, 1.165) is 34.3 Å². The number of hydrogen-bond donors (Lipinski definition) is 6. The summed E-state index contributed by atoms with van der Waals surface area (Å²) in [5.41, 5.74) is 2.89. The zero-order chi connectivity index (χ0) is 43.0. The van der Waals surface area contributed by atoms with Crippen LogP contribution in [0.3, 0.4) is 0 Å². The number of nitrogens with one attached hydrogen (secondary N) is 6. The van der Waals surface area contributed by atoms with E-state index in [9.17, 15) is 28.8 Å². The number of imide groups is 2. The molecule has 4 aliphatic rings. The molecule has 0 spiro atoms. The Morgan fingerprint density at radius 1 is 0.806 bits per heavy atom. The van der Waals surface area contributed by atoms with Crippen molar-refractivity contribution < 1.29 is 38.2 Å². The Morgan fingerprint density at radius 3 is 2.42 bits per heavy atom. The number of aromatic nitrogens is 3. The van der Waals surface area contributed by atoms with Crippen LogP contribution < -0.4 is 31.9 Å². The van der Waals surface area contributed by atoms with Crippen LogP contribution in [0.4, 0.5) is 23.0 Å². The van der Waals surface area contributed by atoms with E-state index >= 15 is 0 Å². The number of carbonyl (C=O) groups is 6. The topological polar surface area (TPSA) is 235 Å². The summed E-state index contributed by atoms with van der Waals surface area (Å²) in [4.78, 5) is 90.9. The van der Waals surface area contributed by atoms with Crippen LogP contribution in [0.1, 0.15) is 88.9 Å². The summed E-state index contributed by atoms with van der Waals surface area (Å²) < 4.78 is 11.3. The highest BCUT2D eigenvalue weighted by Gasteiger charge is 2.45. The SMILES string of the molecule is O=C1CCC(N2C(=O)c3cccc(NCCOCCOCCCNC(=O)C4CCC(NC(=O)c5cnc(Nc6ccc7cnccc7n6)cc5NC5CC5)CC4)c3C2=O)C(=O)N1. The third-order valence-electron chi connectivity index (χ3n) is 11.4. The van der Waals surface area contributed by atoms with Crippen LogP contribution in [-0.4, -0.2) is 113 Å². The molecule has 5 heterocycles. The summed E-state index contributed by atoms with van der Waals surface area (Å²) in [5.74, 6) is -1.26. The highest BCUT2D eigenvalue weighted by atomic mass is 16.5. The predicted octanol–water partition coefficient (Wildman–Crippen LogP) is 3.68. The number of amides is 6. The van der Waals surface area contributed by atoms with Crippen molar-refractivity contribution in [2.24, 2.45) is 5.92 Å². The van der Waals surface area contributed by atoms with Crippen molar-refractivity contribution in [3.8, 4) is 0 Å². The number of anilines is 4. The molecule has 3 aromatic heterocycles. The van der Waals surface area contributed by atoms with Gasteiger partial charge in [-0.3, -0.25) is 44.0 Å². The Hall–Kier alpha value is -6.53. The third kappa shape index (κ3) is 10.1. The number of carbonyl (C=O) groups excluding carboxylic acids is 6. The predicted molar refractivity (Wildman–Crippen MR) is 228 cm³/mol. The van der Waals surface area contributed by atoms with E-state index in [2.05, 4.69) is 46.9 Å². The first kappa shape index (κ1) is 42.2. The third-order valence-corrected chi connectivity index (χ3v) is 11.4. The van der Waals surface area contributed by atoms with Crippen LogP contribution in [0.2, 0.25) is 0 Å². The number of nitrogens with zero attached hydrogens (tertiary/aromatic N) is 4. The lowest BCUT2D eigenvalue weighted by atomic mass is 9.85. The zero-order valence-corrected chi connectivity index (χ0v) is 34.2. The van der Waals surface area contributed by atoms with E-state index < -0.39 is 29.7 Å². The minimum Gasteiger partial charge on any atom is -0.382 e. The van der Waals surface area contributed by atoms with E-state index in [1.807, 2.05) is 24.3 Å². The minimum absolute atomic E-state index is 0.0187. The van der Waals surface area contributed by atoms with Gasteiger partial charge in [-0.15, -0.1) is 0 Å². The molecule has 2 aliphatic carbocycles. The molecule has 8 rings (SSSR count). The van der Waals surface area contributed by atoms with Gasteiger partial charge in [0.2, 0.25) is 17.7 Å². The summed E-state index contributed by atoms with van der Waals surface area (Å²) in [6.07, 6.45) is 10.7. The van der Waals surface area contributed by atoms with Crippen molar-refractivity contribution in [1.29, 1.82) is 0 Å². The summed E-state index contributed by atoms with van der Waals surface area (Å²) in [6, 6.07) is 11.7. The van der Waals surface area contributed by atoms with E-state index in [1.165, 1.54) is 0 Å². The van der Waals surface area contributed by atoms with Crippen LogP contribution in [-0.2, 0) is 23.9 Å². The van der Waals surface area contributed by atoms with Gasteiger partial charge in [0.1, 0.15) is 17.7 Å². The molecule has 1 unspecified atom stereocenters. The summed E-state index contributed by atoms with van der Waals surface area (Å²) >= 11 is 0. The lowest BCUT2D eigenvalue weighted by Crippen LogP contribution is -2.54. The second-order valence-electron chi connectivity index (χ2n) is 15.9. The van der Waals surface area contributed by atoms with Gasteiger partial charge < -0.3 is 36.1 Å². The van der Waals surface area contributed by atoms with Crippen molar-refractivity contribution in [3.63, 3.8) is 0 Å². The highest BCUT2D eigenvalue weighted by molar-refractivity contribution is 6.25. The van der Waals surface area contributed by atoms with Gasteiger partial charge in [-0.05, 0) is 81.7 Å². The fourth-order valence-corrected chi connectivity index (χ4v) is 7.97. The number of fused-ring (bicyclic) bond motifs is 2. The van der Waals surface area contributed by atoms with Crippen molar-refractivity contribution in [2.45, 2.75) is 75.9 Å². The maximum Gasteiger partial charge on any atom is 0.264 e. The maximum atomic E-state index is 13.5. The number of pyridine rings is 3. The first-order valence-electron chi connectivity index (χ1n) is 21.3. The maximum absolute atomic E-state index is 13.5. The normalized spacial score (nSPS) is 19.8. The second-order valence-corrected chi connectivity index (χ2v) is 15.9. The molecule has 18 heteroatoms. The fraction of sp³-hybridized carbons (Fsp3) is 0.432. The Kier molecular flexibility index (Phi) is 13.2. The molecule has 18 nitrogen and oxygen atoms in total. The lowest BCUT2D eigenvalue weighted by molar-refractivity contribution is -0.136. The number of rotatable bonds is 19. The van der Waals surface area contributed by atoms with E-state index in [1.54, 1.807) is 36.8 Å². The number of ether oxygens (including phenoxy) is 2. The van der Waals surface area contributed by atoms with Gasteiger partial charge >= 0.3 is 0 Å². The van der Waals surface area contributed by atoms with Crippen LogP contribution in [0.25, 0.3) is 10.9 Å². The molecule has 3 fully saturated rings. The van der Waals surface area contributed by atoms with Crippen LogP contribution in [0, 0.1) is 5.92 Å². The molecule has 0 radical (unpaired) electrons. The molecular weight excluding hydrogens is 797 g/mol. The fourth-order valence-electron chi connectivity index (χ4n) is 7.97. The van der Waals surface area contributed by atoms with Gasteiger partial charge in [0.25, 0.3) is 17.7 Å². The summed E-state index contributed by atoms with van der Waals surface area (Å²) in [7, 11) is 0. The van der Waals surface area contributed by atoms with E-state index in [-0.39, 0.29) is 47.7 Å². The van der Waals surface area contributed by atoms with Crippen molar-refractivity contribution in [3.05, 3.63) is 77.7 Å². The second kappa shape index (κ2) is 19.5. The number of piperidine rings is 1. The van der Waals surface area contributed by atoms with Crippen molar-refractivity contribution in [2.75, 3.05) is 55.5 Å². The Balaban J connectivity index is 0.687. The molecule has 4 aromatic rings. The molecular formula is C44H50N10O8. The molecule has 1 aromatic carbocycles. The molecule has 0 bridgehead atoms. The molecule has 2 aliphatic heterocycles. The standard InChI is InChI=1S/C44H50N10O8/c55-38-14-12-35(42(58)53-38)54-43(59)30-3-1-4-33(39(30)44(54)60)46-18-20-62-22-21-61-19-2-16-47-40(56)26-5-8-29(9-6-26)50-41(57)31-25-48-37(23-34(31)49-28-10-11-28)52-36-13-7-27-24-45-17-15-32(27)51-36/h1,3-4,7,13,15,17,23-26,28-29,35,46H,2,5-6,8-12,14,16,18-22H2,(H,47,56)(H,50,57)(H,53,55,58)(H2,48,49,51,52). The van der Waals surface area contributed by atoms with Gasteiger partial charge in [0, 0.05) is 79.8 Å². The average molecular weight is 847 g/mol. The summed E-state index contributed by atoms with van der Waals surface area (Å²) in [5, 5.41) is 19.2. The monoisotopic (exact) mass is 846 g/mol. The molecule has 6 N–H and O–H groups in total. The quantitative estimate of drug-likeness (QED) is 0.0584. The highest BCUT2D eigenvalue weighted by Crippen LogP contribution is 2.33. The molecule has 1 atom stereocenters. The molecule has 62 heavy (non-hydrogen) atoms. The molecule has 2 saturated carbocycles. The van der Waals surface area contributed by atoms with Crippen LogP contribution in [0.5, 0.6) is 0 Å². The molecule has 1 saturated heterocycles. The molecule has 6 amide bonds. The molecule has 324 valence electrons. The Labute approximate surface area is 357 Å². The van der Waals surface area contributed by atoms with Crippen LogP contribution >= 0.6 is 0 Å². The van der Waals surface area contributed by atoms with Crippen molar-refractivity contribution in [1.82, 2.24) is 35.8 Å². The smallest absolute Gasteiger partial charge is 0.264 e. The Morgan fingerprint density at radius 2 is 1.61 bits per heavy atom. The largest absolute Gasteiger partial charge is 0.382 e. The van der Waals surface area contributed by atoms with Crippen LogP contribution in [0.15, 0.2) is 61.1 Å². The van der Waals surface area contributed by atoms with E-state index in [0.29, 0.717) is 101 Å². The van der Waals surface area contributed by atoms with Gasteiger partial charge in [-0.25, -0.2) is 9.97 Å². The van der Waals surface area contributed by atoms with E-state index in [4.69, 9.17) is 9.47 Å². The van der Waals surface area contributed by atoms with Gasteiger partial charge in [-0.1, -0.05) is 6.07 Å². The minimum atomic E-state index is -1.03. The first-order valence-corrected chi connectivity index (χ1v) is 21.3. The van der Waals surface area contributed by atoms with Gasteiger partial charge in [0.15, 0.2) is 0 Å². The van der Waals surface area contributed by atoms with Gasteiger partial charge in [-0.2, -0.15) is 0 Å². The zero-order valence-electron chi connectivity index (χ0n) is 34.2. The summed E-state index contributed by atoms with van der Waals surface area (Å²) in [6.45, 7) is 2.35. The van der Waals surface area contributed by atoms with Crippen molar-refractivity contribution >= 4 is 69.4 Å². The van der Waals surface area contributed by atoms with Gasteiger partial charge in [0.05, 0.1) is 47.7 Å².